The molecule has 16 heavy (non-hydrogen) atoms. The summed E-state index contributed by atoms with van der Waals surface area (Å²) in [5.41, 5.74) is 5.84. The van der Waals surface area contributed by atoms with Crippen molar-refractivity contribution in [2.75, 3.05) is 23.8 Å². The number of hydrogen-bond acceptors (Lipinski definition) is 5. The van der Waals surface area contributed by atoms with E-state index in [1.165, 1.54) is 12.4 Å². The van der Waals surface area contributed by atoms with Gasteiger partial charge in [0.15, 0.2) is 0 Å². The highest BCUT2D eigenvalue weighted by Gasteiger charge is 2.25. The second kappa shape index (κ2) is 4.69. The molecule has 0 bridgehead atoms. The Kier molecular flexibility index (Phi) is 3.28. The Morgan fingerprint density at radius 1 is 1.62 bits per heavy atom. The first-order valence-corrected chi connectivity index (χ1v) is 6.30. The van der Waals surface area contributed by atoms with Gasteiger partial charge < -0.3 is 10.6 Å². The van der Waals surface area contributed by atoms with E-state index in [1.807, 2.05) is 23.6 Å². The maximum atomic E-state index is 12.1. The van der Waals surface area contributed by atoms with Crippen LogP contribution < -0.4 is 5.73 Å². The lowest BCUT2D eigenvalue weighted by atomic mass is 10.2. The Morgan fingerprint density at radius 2 is 2.44 bits per heavy atom. The van der Waals surface area contributed by atoms with Gasteiger partial charge in [-0.1, -0.05) is 0 Å². The van der Waals surface area contributed by atoms with Crippen molar-refractivity contribution in [2.24, 2.45) is 0 Å². The van der Waals surface area contributed by atoms with Crippen LogP contribution in [0.15, 0.2) is 12.4 Å². The highest BCUT2D eigenvalue weighted by atomic mass is 32.2. The van der Waals surface area contributed by atoms with Gasteiger partial charge in [0, 0.05) is 24.1 Å². The van der Waals surface area contributed by atoms with Crippen molar-refractivity contribution in [3.05, 3.63) is 18.1 Å². The largest absolute Gasteiger partial charge is 0.382 e. The van der Waals surface area contributed by atoms with Crippen molar-refractivity contribution < 1.29 is 4.79 Å². The van der Waals surface area contributed by atoms with Crippen molar-refractivity contribution in [2.45, 2.75) is 13.0 Å². The molecule has 86 valence electrons. The number of nitrogen functional groups attached to an aromatic ring is 1. The zero-order chi connectivity index (χ0) is 11.5. The van der Waals surface area contributed by atoms with Crippen LogP contribution in [-0.2, 0) is 0 Å². The van der Waals surface area contributed by atoms with Crippen molar-refractivity contribution >= 4 is 23.5 Å². The normalized spacial score (nSPS) is 20.8. The minimum atomic E-state index is -0.0763. The van der Waals surface area contributed by atoms with E-state index in [4.69, 9.17) is 5.73 Å². The van der Waals surface area contributed by atoms with Gasteiger partial charge in [-0.25, -0.2) is 4.98 Å². The molecular weight excluding hydrogens is 224 g/mol. The number of nitrogens with two attached hydrogens (primary N) is 1. The summed E-state index contributed by atoms with van der Waals surface area (Å²) in [5.74, 6) is 2.16. The van der Waals surface area contributed by atoms with Gasteiger partial charge in [0.05, 0.1) is 12.4 Å². The molecule has 0 aliphatic carbocycles. The zero-order valence-electron chi connectivity index (χ0n) is 9.09. The lowest BCUT2D eigenvalue weighted by Gasteiger charge is -2.32. The Bertz CT molecular complexity index is 398. The molecule has 6 heteroatoms. The molecule has 0 spiro atoms. The average Bonchev–Trinajstić information content (AvgIpc) is 2.29. The molecular formula is C10H14N4OS. The predicted molar refractivity (Wildman–Crippen MR) is 64.3 cm³/mol. The number of carbonyl (C=O) groups is 1. The summed E-state index contributed by atoms with van der Waals surface area (Å²) in [6, 6.07) is 0.245. The topological polar surface area (TPSA) is 72.1 Å². The molecule has 1 aliphatic heterocycles. The van der Waals surface area contributed by atoms with E-state index < -0.39 is 0 Å². The number of anilines is 1. The Hall–Kier alpha value is -1.30. The van der Waals surface area contributed by atoms with Crippen LogP contribution in [0, 0.1) is 0 Å². The lowest BCUT2D eigenvalue weighted by Crippen LogP contribution is -2.44. The van der Waals surface area contributed by atoms with Gasteiger partial charge in [-0.2, -0.15) is 11.8 Å². The average molecular weight is 238 g/mol. The smallest absolute Gasteiger partial charge is 0.274 e. The number of carbonyl (C=O) groups excluding carboxylic acids is 1. The summed E-state index contributed by atoms with van der Waals surface area (Å²) >= 11 is 1.87. The van der Waals surface area contributed by atoms with E-state index in [9.17, 15) is 4.79 Å². The van der Waals surface area contributed by atoms with Gasteiger partial charge in [-0.05, 0) is 6.92 Å². The molecule has 1 aromatic heterocycles. The highest BCUT2D eigenvalue weighted by molar-refractivity contribution is 7.99. The molecule has 0 radical (unpaired) electrons. The Morgan fingerprint density at radius 3 is 3.12 bits per heavy atom. The molecule has 2 rings (SSSR count). The van der Waals surface area contributed by atoms with Crippen molar-refractivity contribution in [1.29, 1.82) is 0 Å². The van der Waals surface area contributed by atoms with Gasteiger partial charge in [0.1, 0.15) is 11.5 Å². The fraction of sp³-hybridized carbons (Fsp3) is 0.500. The monoisotopic (exact) mass is 238 g/mol. The molecule has 1 amide bonds. The summed E-state index contributed by atoms with van der Waals surface area (Å²) in [6.07, 6.45) is 2.90. The number of thioether (sulfide) groups is 1. The molecule has 1 atom stereocenters. The standard InChI is InChI=1S/C10H14N4OS/c1-7-6-16-3-2-14(7)10(15)8-4-12-5-9(11)13-8/h4-5,7H,2-3,6H2,1H3,(H2,11,13). The third-order valence-corrected chi connectivity index (χ3v) is 3.69. The van der Waals surface area contributed by atoms with Crippen LogP contribution in [0.1, 0.15) is 17.4 Å². The zero-order valence-corrected chi connectivity index (χ0v) is 9.91. The van der Waals surface area contributed by atoms with Crippen LogP contribution in [0.3, 0.4) is 0 Å². The quantitative estimate of drug-likeness (QED) is 0.777. The summed E-state index contributed by atoms with van der Waals surface area (Å²) in [5, 5.41) is 0. The highest BCUT2D eigenvalue weighted by Crippen LogP contribution is 2.17. The number of nitrogens with zero attached hydrogens (tertiary/aromatic N) is 3. The first kappa shape index (κ1) is 11.2. The lowest BCUT2D eigenvalue weighted by molar-refractivity contribution is 0.0709. The minimum Gasteiger partial charge on any atom is -0.382 e. The SMILES string of the molecule is CC1CSCCN1C(=O)c1cncc(N)n1. The summed E-state index contributed by atoms with van der Waals surface area (Å²) in [6.45, 7) is 2.81. The van der Waals surface area contributed by atoms with Crippen molar-refractivity contribution in [3.63, 3.8) is 0 Å². The fourth-order valence-corrected chi connectivity index (χ4v) is 2.67. The molecule has 1 saturated heterocycles. The minimum absolute atomic E-state index is 0.0763. The van der Waals surface area contributed by atoms with Crippen LogP contribution in [0.4, 0.5) is 5.82 Å². The number of hydrogen-bond donors (Lipinski definition) is 1. The number of aromatic nitrogens is 2. The van der Waals surface area contributed by atoms with Crippen LogP contribution in [0.2, 0.25) is 0 Å². The van der Waals surface area contributed by atoms with Crippen molar-refractivity contribution in [1.82, 2.24) is 14.9 Å². The first-order valence-electron chi connectivity index (χ1n) is 5.14. The van der Waals surface area contributed by atoms with Crippen LogP contribution >= 0.6 is 11.8 Å². The number of rotatable bonds is 1. The molecule has 1 aromatic rings. The van der Waals surface area contributed by atoms with Gasteiger partial charge in [0.2, 0.25) is 0 Å². The van der Waals surface area contributed by atoms with Crippen LogP contribution in [0.5, 0.6) is 0 Å². The Labute approximate surface area is 98.4 Å². The van der Waals surface area contributed by atoms with E-state index in [-0.39, 0.29) is 17.8 Å². The van der Waals surface area contributed by atoms with Crippen LogP contribution in [0.25, 0.3) is 0 Å². The summed E-state index contributed by atoms with van der Waals surface area (Å²) in [4.78, 5) is 21.8. The van der Waals surface area contributed by atoms with E-state index in [0.717, 1.165) is 18.1 Å². The molecule has 0 saturated carbocycles. The van der Waals surface area contributed by atoms with Gasteiger partial charge >= 0.3 is 0 Å². The van der Waals surface area contributed by atoms with E-state index in [1.54, 1.807) is 0 Å². The van der Waals surface area contributed by atoms with E-state index in [0.29, 0.717) is 5.69 Å². The third kappa shape index (κ3) is 2.27. The second-order valence-electron chi connectivity index (χ2n) is 3.75. The van der Waals surface area contributed by atoms with Crippen LogP contribution in [-0.4, -0.2) is 44.9 Å². The van der Waals surface area contributed by atoms with Gasteiger partial charge in [0.25, 0.3) is 5.91 Å². The third-order valence-electron chi connectivity index (χ3n) is 2.50. The molecule has 2 N–H and O–H groups in total. The first-order chi connectivity index (χ1) is 7.68. The summed E-state index contributed by atoms with van der Waals surface area (Å²) in [7, 11) is 0. The maximum Gasteiger partial charge on any atom is 0.274 e. The maximum absolute atomic E-state index is 12.1. The fourth-order valence-electron chi connectivity index (χ4n) is 1.66. The summed E-state index contributed by atoms with van der Waals surface area (Å²) < 4.78 is 0. The van der Waals surface area contributed by atoms with E-state index >= 15 is 0 Å². The van der Waals surface area contributed by atoms with Crippen molar-refractivity contribution in [3.8, 4) is 0 Å². The molecule has 1 aliphatic rings. The van der Waals surface area contributed by atoms with E-state index in [2.05, 4.69) is 9.97 Å². The van der Waals surface area contributed by atoms with Gasteiger partial charge in [-0.15, -0.1) is 0 Å². The molecule has 1 unspecified atom stereocenters. The molecule has 5 nitrogen and oxygen atoms in total. The molecule has 1 fully saturated rings. The molecule has 0 aromatic carbocycles. The number of amides is 1. The molecule has 2 heterocycles. The predicted octanol–water partition coefficient (Wildman–Crippen LogP) is 0.636. The van der Waals surface area contributed by atoms with Gasteiger partial charge in [-0.3, -0.25) is 9.78 Å². The second-order valence-corrected chi connectivity index (χ2v) is 4.90. The Balaban J connectivity index is 2.17.